The highest BCUT2D eigenvalue weighted by Crippen LogP contribution is 2.37. The summed E-state index contributed by atoms with van der Waals surface area (Å²) in [7, 11) is 3.87. The Morgan fingerprint density at radius 2 is 1.91 bits per heavy atom. The van der Waals surface area contributed by atoms with Gasteiger partial charge in [-0.25, -0.2) is 0 Å². The van der Waals surface area contributed by atoms with E-state index in [1.165, 1.54) is 0 Å². The lowest BCUT2D eigenvalue weighted by Crippen LogP contribution is -2.28. The molecule has 0 saturated heterocycles. The molecule has 0 atom stereocenters. The van der Waals surface area contributed by atoms with Gasteiger partial charge < -0.3 is 30.7 Å². The summed E-state index contributed by atoms with van der Waals surface area (Å²) in [6, 6.07) is 12.7. The molecule has 10 nitrogen and oxygen atoms in total. The number of nitrogens with two attached hydrogens (primary N) is 1. The van der Waals surface area contributed by atoms with Crippen molar-refractivity contribution in [3.63, 3.8) is 0 Å². The van der Waals surface area contributed by atoms with Gasteiger partial charge in [-0.1, -0.05) is 6.07 Å². The zero-order chi connectivity index (χ0) is 22.8. The summed E-state index contributed by atoms with van der Waals surface area (Å²) >= 11 is 0. The highest BCUT2D eigenvalue weighted by molar-refractivity contribution is 6.01. The maximum atomic E-state index is 11.9. The lowest BCUT2D eigenvalue weighted by atomic mass is 10.1. The first-order valence-electron chi connectivity index (χ1n) is 9.84. The van der Waals surface area contributed by atoms with Crippen molar-refractivity contribution in [2.45, 2.75) is 6.92 Å². The van der Waals surface area contributed by atoms with E-state index in [1.807, 2.05) is 44.1 Å². The van der Waals surface area contributed by atoms with Crippen molar-refractivity contribution in [2.24, 2.45) is 5.73 Å². The van der Waals surface area contributed by atoms with Crippen molar-refractivity contribution < 1.29 is 14.3 Å². The topological polar surface area (TPSA) is 138 Å². The number of carbonyl (C=O) groups is 1. The average Bonchev–Trinajstić information content (AvgIpc) is 2.74. The minimum atomic E-state index is -0.235. The highest BCUT2D eigenvalue weighted by Gasteiger charge is 2.24. The molecule has 0 unspecified atom stereocenters. The Morgan fingerprint density at radius 1 is 1.12 bits per heavy atom. The van der Waals surface area contributed by atoms with Gasteiger partial charge in [0.25, 0.3) is 5.88 Å². The fourth-order valence-corrected chi connectivity index (χ4v) is 3.17. The maximum Gasteiger partial charge on any atom is 0.327 e. The Labute approximate surface area is 184 Å². The molecule has 2 heterocycles. The van der Waals surface area contributed by atoms with Gasteiger partial charge in [-0.05, 0) is 42.8 Å². The minimum Gasteiger partial charge on any atom is -0.437 e. The molecular weight excluding hydrogens is 410 g/mol. The molecule has 0 bridgehead atoms. The van der Waals surface area contributed by atoms with Crippen LogP contribution in [-0.2, 0) is 4.79 Å². The number of anilines is 3. The summed E-state index contributed by atoms with van der Waals surface area (Å²) in [6.45, 7) is 1.90. The van der Waals surface area contributed by atoms with Crippen molar-refractivity contribution in [1.82, 2.24) is 9.97 Å². The largest absolute Gasteiger partial charge is 0.437 e. The number of aromatic nitrogens is 2. The Bertz CT molecular complexity index is 1210. The minimum absolute atomic E-state index is 0.0273. The van der Waals surface area contributed by atoms with Gasteiger partial charge in [0.05, 0.1) is 6.54 Å². The van der Waals surface area contributed by atoms with E-state index >= 15 is 0 Å². The molecule has 1 aromatic heterocycles. The van der Waals surface area contributed by atoms with Gasteiger partial charge >= 0.3 is 6.01 Å². The number of fused-ring (bicyclic) bond motifs is 1. The smallest absolute Gasteiger partial charge is 0.327 e. The van der Waals surface area contributed by atoms with Gasteiger partial charge in [-0.15, -0.1) is 0 Å². The van der Waals surface area contributed by atoms with Crippen molar-refractivity contribution in [3.05, 3.63) is 53.6 Å². The number of hydrogen-bond acceptors (Lipinski definition) is 8. The summed E-state index contributed by atoms with van der Waals surface area (Å²) < 4.78 is 11.9. The van der Waals surface area contributed by atoms with Crippen LogP contribution in [0.1, 0.15) is 11.1 Å². The monoisotopic (exact) mass is 433 g/mol. The van der Waals surface area contributed by atoms with E-state index in [4.69, 9.17) is 20.6 Å². The molecule has 3 aromatic rings. The fourth-order valence-electron chi connectivity index (χ4n) is 3.17. The van der Waals surface area contributed by atoms with Gasteiger partial charge in [-0.2, -0.15) is 9.97 Å². The maximum absolute atomic E-state index is 11.9. The van der Waals surface area contributed by atoms with Gasteiger partial charge in [0.15, 0.2) is 5.82 Å². The summed E-state index contributed by atoms with van der Waals surface area (Å²) in [5.74, 6) is 1.29. The van der Waals surface area contributed by atoms with Crippen molar-refractivity contribution >= 4 is 28.9 Å². The van der Waals surface area contributed by atoms with Crippen LogP contribution in [0.4, 0.5) is 17.2 Å². The summed E-state index contributed by atoms with van der Waals surface area (Å²) in [6.07, 6.45) is 0. The first-order chi connectivity index (χ1) is 15.3. The number of hydrogen-bond donors (Lipinski definition) is 4. The highest BCUT2D eigenvalue weighted by atomic mass is 16.5. The standard InChI is InChI=1S/C22H23N7O3/c1-12-9-15(7-8-16(12)19(23)24)31-21-18-20(25-11-17(30)26-18)27-22(28-21)32-14-6-4-5-13(10-14)29(2)3/h4-10H,11H2,1-3H3,(H3,23,24)(H,26,30)(H,25,27,28). The quantitative estimate of drug-likeness (QED) is 0.344. The number of benzene rings is 2. The first kappa shape index (κ1) is 20.9. The van der Waals surface area contributed by atoms with E-state index in [0.29, 0.717) is 28.6 Å². The number of nitrogens with zero attached hydrogens (tertiary/aromatic N) is 3. The van der Waals surface area contributed by atoms with Gasteiger partial charge in [0, 0.05) is 31.4 Å². The number of nitrogen functional groups attached to an aromatic ring is 1. The van der Waals surface area contributed by atoms with E-state index in [0.717, 1.165) is 11.3 Å². The zero-order valence-corrected chi connectivity index (χ0v) is 17.9. The molecule has 2 aromatic carbocycles. The first-order valence-corrected chi connectivity index (χ1v) is 9.84. The number of ether oxygens (including phenoxy) is 2. The van der Waals surface area contributed by atoms with Crippen molar-refractivity contribution in [1.29, 1.82) is 5.41 Å². The average molecular weight is 433 g/mol. The molecule has 1 aliphatic rings. The van der Waals surface area contributed by atoms with Crippen molar-refractivity contribution in [3.8, 4) is 23.4 Å². The van der Waals surface area contributed by atoms with Crippen molar-refractivity contribution in [2.75, 3.05) is 36.2 Å². The van der Waals surface area contributed by atoms with Crippen LogP contribution in [0.2, 0.25) is 0 Å². The van der Waals surface area contributed by atoms with Crippen LogP contribution in [0.5, 0.6) is 23.4 Å². The third kappa shape index (κ3) is 4.38. The van der Waals surface area contributed by atoms with E-state index < -0.39 is 0 Å². The summed E-state index contributed by atoms with van der Waals surface area (Å²) in [5.41, 5.74) is 8.26. The van der Waals surface area contributed by atoms with Gasteiger partial charge in [-0.3, -0.25) is 10.2 Å². The van der Waals surface area contributed by atoms with E-state index in [-0.39, 0.29) is 30.2 Å². The van der Waals surface area contributed by atoms with Crippen LogP contribution >= 0.6 is 0 Å². The normalized spacial score (nSPS) is 12.3. The van der Waals surface area contributed by atoms with E-state index in [2.05, 4.69) is 20.6 Å². The molecule has 0 spiro atoms. The Morgan fingerprint density at radius 3 is 2.62 bits per heavy atom. The van der Waals surface area contributed by atoms with Crippen LogP contribution < -0.4 is 30.7 Å². The predicted molar refractivity (Wildman–Crippen MR) is 122 cm³/mol. The van der Waals surface area contributed by atoms with Gasteiger partial charge in [0.2, 0.25) is 5.91 Å². The molecule has 164 valence electrons. The number of amidine groups is 1. The molecule has 0 aliphatic carbocycles. The van der Waals surface area contributed by atoms with Crippen LogP contribution in [0.3, 0.4) is 0 Å². The molecule has 0 radical (unpaired) electrons. The molecule has 32 heavy (non-hydrogen) atoms. The molecule has 1 aliphatic heterocycles. The number of nitrogens with one attached hydrogen (secondary N) is 3. The number of rotatable bonds is 6. The van der Waals surface area contributed by atoms with E-state index in [9.17, 15) is 4.79 Å². The van der Waals surface area contributed by atoms with Crippen LogP contribution in [0, 0.1) is 12.3 Å². The Kier molecular flexibility index (Phi) is 5.50. The lowest BCUT2D eigenvalue weighted by molar-refractivity contribution is -0.114. The molecule has 1 amide bonds. The van der Waals surface area contributed by atoms with Crippen LogP contribution in [0.15, 0.2) is 42.5 Å². The molecule has 0 fully saturated rings. The second-order valence-electron chi connectivity index (χ2n) is 7.42. The molecule has 4 rings (SSSR count). The van der Waals surface area contributed by atoms with Crippen LogP contribution in [0.25, 0.3) is 0 Å². The summed E-state index contributed by atoms with van der Waals surface area (Å²) in [5, 5.41) is 13.3. The predicted octanol–water partition coefficient (Wildman–Crippen LogP) is 3.08. The second-order valence-corrected chi connectivity index (χ2v) is 7.42. The molecular formula is C22H23N7O3. The number of amides is 1. The number of carbonyl (C=O) groups excluding carboxylic acids is 1. The van der Waals surface area contributed by atoms with Crippen LogP contribution in [-0.4, -0.2) is 42.4 Å². The SMILES string of the molecule is Cc1cc(Oc2nc(Oc3cccc(N(C)C)c3)nc3c2NC(=O)CN3)ccc1C(=N)N. The second kappa shape index (κ2) is 8.42. The fraction of sp³-hybridized carbons (Fsp3) is 0.182. The third-order valence-corrected chi connectivity index (χ3v) is 4.78. The lowest BCUT2D eigenvalue weighted by Gasteiger charge is -2.21. The number of aryl methyl sites for hydroxylation is 1. The molecule has 5 N–H and O–H groups in total. The molecule has 0 saturated carbocycles. The third-order valence-electron chi connectivity index (χ3n) is 4.78. The zero-order valence-electron chi connectivity index (χ0n) is 17.9. The summed E-state index contributed by atoms with van der Waals surface area (Å²) in [4.78, 5) is 22.6. The molecule has 10 heteroatoms. The Hall–Kier alpha value is -4.34. The Balaban J connectivity index is 1.69. The van der Waals surface area contributed by atoms with E-state index in [1.54, 1.807) is 24.3 Å². The van der Waals surface area contributed by atoms with Gasteiger partial charge in [0.1, 0.15) is 23.0 Å².